The highest BCUT2D eigenvalue weighted by Gasteiger charge is 2.27. The Morgan fingerprint density at radius 3 is 2.36 bits per heavy atom. The first-order valence-corrected chi connectivity index (χ1v) is 3.91. The molecule has 0 radical (unpaired) electrons. The predicted octanol–water partition coefficient (Wildman–Crippen LogP) is 0.787. The molecule has 0 aromatic heterocycles. The van der Waals surface area contributed by atoms with E-state index in [1.165, 1.54) is 0 Å². The lowest BCUT2D eigenvalue weighted by molar-refractivity contribution is -0.172. The molecule has 1 unspecified atom stereocenters. The summed E-state index contributed by atoms with van der Waals surface area (Å²) >= 11 is -2.09. The van der Waals surface area contributed by atoms with Gasteiger partial charge in [-0.2, -0.15) is 13.2 Å². The van der Waals surface area contributed by atoms with Crippen molar-refractivity contribution < 1.29 is 26.7 Å². The molecule has 0 fully saturated rings. The molecule has 0 aliphatic heterocycles. The van der Waals surface area contributed by atoms with Crippen molar-refractivity contribution in [3.63, 3.8) is 0 Å². The average Bonchev–Trinajstić information content (AvgIpc) is 1.78. The summed E-state index contributed by atoms with van der Waals surface area (Å²) in [5.41, 5.74) is 0. The highest BCUT2D eigenvalue weighted by molar-refractivity contribution is 7.79. The van der Waals surface area contributed by atoms with E-state index in [4.69, 9.17) is 4.55 Å². The molecule has 0 spiro atoms. The molecule has 3 nitrogen and oxygen atoms in total. The maximum atomic E-state index is 11.3. The van der Waals surface area contributed by atoms with Crippen molar-refractivity contribution in [2.24, 2.45) is 0 Å². The van der Waals surface area contributed by atoms with Gasteiger partial charge in [0.25, 0.3) is 0 Å². The van der Waals surface area contributed by atoms with Gasteiger partial charge in [-0.3, -0.25) is 0 Å². The standard InChI is InChI=1S/C4H7F3O3S/c5-4(6,7)3-10-1-2-11(8)9/h1-3H2,(H,8,9). The van der Waals surface area contributed by atoms with Crippen LogP contribution in [0.1, 0.15) is 0 Å². The lowest BCUT2D eigenvalue weighted by atomic mass is 10.7. The Morgan fingerprint density at radius 1 is 1.45 bits per heavy atom. The minimum Gasteiger partial charge on any atom is -0.371 e. The van der Waals surface area contributed by atoms with Crippen molar-refractivity contribution in [3.05, 3.63) is 0 Å². The number of rotatable bonds is 4. The number of alkyl halides is 3. The smallest absolute Gasteiger partial charge is 0.371 e. The summed E-state index contributed by atoms with van der Waals surface area (Å²) in [7, 11) is 0. The highest BCUT2D eigenvalue weighted by atomic mass is 32.2. The van der Waals surface area contributed by atoms with E-state index < -0.39 is 23.9 Å². The highest BCUT2D eigenvalue weighted by Crippen LogP contribution is 2.13. The first kappa shape index (κ1) is 10.9. The summed E-state index contributed by atoms with van der Waals surface area (Å²) in [5, 5.41) is 0. The summed E-state index contributed by atoms with van der Waals surface area (Å²) in [5.74, 6) is -0.296. The van der Waals surface area contributed by atoms with E-state index in [-0.39, 0.29) is 12.4 Å². The van der Waals surface area contributed by atoms with Gasteiger partial charge in [0, 0.05) is 0 Å². The fourth-order valence-corrected chi connectivity index (χ4v) is 0.579. The van der Waals surface area contributed by atoms with Gasteiger partial charge in [-0.25, -0.2) is 4.21 Å². The van der Waals surface area contributed by atoms with Crippen molar-refractivity contribution in [3.8, 4) is 0 Å². The topological polar surface area (TPSA) is 46.5 Å². The van der Waals surface area contributed by atoms with Crippen molar-refractivity contribution in [2.45, 2.75) is 6.18 Å². The number of hydrogen-bond acceptors (Lipinski definition) is 2. The Morgan fingerprint density at radius 2 is 2.00 bits per heavy atom. The Labute approximate surface area is 63.8 Å². The zero-order valence-electron chi connectivity index (χ0n) is 5.43. The maximum Gasteiger partial charge on any atom is 0.411 e. The third-order valence-electron chi connectivity index (χ3n) is 0.668. The molecule has 0 saturated carbocycles. The second kappa shape index (κ2) is 4.68. The molecule has 7 heteroatoms. The summed E-state index contributed by atoms with van der Waals surface area (Å²) in [6.07, 6.45) is -4.36. The second-order valence-electron chi connectivity index (χ2n) is 1.69. The van der Waals surface area contributed by atoms with Gasteiger partial charge in [0.05, 0.1) is 12.4 Å². The molecular weight excluding hydrogens is 185 g/mol. The van der Waals surface area contributed by atoms with Crippen LogP contribution in [0.4, 0.5) is 13.2 Å². The molecule has 1 N–H and O–H groups in total. The molecule has 0 saturated heterocycles. The van der Waals surface area contributed by atoms with Gasteiger partial charge in [-0.1, -0.05) is 0 Å². The number of halogens is 3. The van der Waals surface area contributed by atoms with Gasteiger partial charge >= 0.3 is 6.18 Å². The zero-order chi connectivity index (χ0) is 8.91. The molecule has 0 aromatic rings. The normalized spacial score (nSPS) is 14.9. The molecule has 0 aromatic carbocycles. The van der Waals surface area contributed by atoms with E-state index in [1.807, 2.05) is 0 Å². The molecule has 68 valence electrons. The first-order valence-electron chi connectivity index (χ1n) is 2.64. The fraction of sp³-hybridized carbons (Fsp3) is 1.00. The Kier molecular flexibility index (Phi) is 4.62. The second-order valence-corrected chi connectivity index (χ2v) is 2.74. The van der Waals surface area contributed by atoms with E-state index in [0.29, 0.717) is 0 Å². The Balaban J connectivity index is 3.22. The van der Waals surface area contributed by atoms with Crippen molar-refractivity contribution in [1.82, 2.24) is 0 Å². The maximum absolute atomic E-state index is 11.3. The van der Waals surface area contributed by atoms with E-state index in [2.05, 4.69) is 4.74 Å². The molecule has 11 heavy (non-hydrogen) atoms. The minimum atomic E-state index is -4.36. The van der Waals surface area contributed by atoms with Crippen LogP contribution in [0, 0.1) is 0 Å². The summed E-state index contributed by atoms with van der Waals surface area (Å²) in [6.45, 7) is -1.73. The van der Waals surface area contributed by atoms with Crippen LogP contribution in [0.2, 0.25) is 0 Å². The average molecular weight is 192 g/mol. The van der Waals surface area contributed by atoms with Crippen LogP contribution in [-0.4, -0.2) is 33.9 Å². The van der Waals surface area contributed by atoms with E-state index in [0.717, 1.165) is 0 Å². The van der Waals surface area contributed by atoms with Crippen molar-refractivity contribution in [1.29, 1.82) is 0 Å². The lowest BCUT2D eigenvalue weighted by Crippen LogP contribution is -2.19. The third-order valence-corrected chi connectivity index (χ3v) is 1.18. The Bertz CT molecular complexity index is 135. The largest absolute Gasteiger partial charge is 0.411 e. The number of ether oxygens (including phenoxy) is 1. The zero-order valence-corrected chi connectivity index (χ0v) is 6.24. The van der Waals surface area contributed by atoms with Crippen LogP contribution in [0.25, 0.3) is 0 Å². The third kappa shape index (κ3) is 9.86. The van der Waals surface area contributed by atoms with Gasteiger partial charge < -0.3 is 9.29 Å². The van der Waals surface area contributed by atoms with Gasteiger partial charge in [0.15, 0.2) is 11.1 Å². The van der Waals surface area contributed by atoms with Crippen LogP contribution in [0.5, 0.6) is 0 Å². The quantitative estimate of drug-likeness (QED) is 0.529. The van der Waals surface area contributed by atoms with E-state index >= 15 is 0 Å². The molecule has 0 heterocycles. The molecule has 0 aliphatic carbocycles. The van der Waals surface area contributed by atoms with Crippen LogP contribution in [0.3, 0.4) is 0 Å². The van der Waals surface area contributed by atoms with Crippen LogP contribution < -0.4 is 0 Å². The van der Waals surface area contributed by atoms with Crippen LogP contribution in [-0.2, 0) is 15.8 Å². The molecule has 0 bridgehead atoms. The molecule has 1 atom stereocenters. The summed E-state index contributed by atoms with van der Waals surface area (Å²) < 4.78 is 55.9. The molecule has 0 amide bonds. The monoisotopic (exact) mass is 192 g/mol. The van der Waals surface area contributed by atoms with Gasteiger partial charge in [-0.15, -0.1) is 0 Å². The van der Waals surface area contributed by atoms with Gasteiger partial charge in [0.1, 0.15) is 6.61 Å². The van der Waals surface area contributed by atoms with Crippen molar-refractivity contribution >= 4 is 11.1 Å². The Hall–Kier alpha value is -0.140. The lowest BCUT2D eigenvalue weighted by Gasteiger charge is -2.05. The van der Waals surface area contributed by atoms with Crippen molar-refractivity contribution in [2.75, 3.05) is 19.0 Å². The molecule has 0 aliphatic rings. The minimum absolute atomic E-state index is 0.296. The van der Waals surface area contributed by atoms with E-state index in [9.17, 15) is 17.4 Å². The summed E-state index contributed by atoms with van der Waals surface area (Å²) in [6, 6.07) is 0. The van der Waals surface area contributed by atoms with E-state index in [1.54, 1.807) is 0 Å². The van der Waals surface area contributed by atoms with Crippen LogP contribution >= 0.6 is 0 Å². The molecule has 0 rings (SSSR count). The number of hydrogen-bond donors (Lipinski definition) is 1. The van der Waals surface area contributed by atoms with Gasteiger partial charge in [-0.05, 0) is 0 Å². The predicted molar refractivity (Wildman–Crippen MR) is 32.5 cm³/mol. The SMILES string of the molecule is O=S(O)CCOCC(F)(F)F. The van der Waals surface area contributed by atoms with Crippen LogP contribution in [0.15, 0.2) is 0 Å². The fourth-order valence-electron chi connectivity index (χ4n) is 0.318. The van der Waals surface area contributed by atoms with Gasteiger partial charge in [0.2, 0.25) is 0 Å². The first-order chi connectivity index (χ1) is 4.92. The molecular formula is C4H7F3O3S. The summed E-state index contributed by atoms with van der Waals surface area (Å²) in [4.78, 5) is 0.